The highest BCUT2D eigenvalue weighted by atomic mass is 16.5. The molecule has 0 radical (unpaired) electrons. The molecule has 1 amide bonds. The Balaban J connectivity index is 1.92. The van der Waals surface area contributed by atoms with Crippen molar-refractivity contribution in [2.45, 2.75) is 25.4 Å². The van der Waals surface area contributed by atoms with Crippen molar-refractivity contribution in [3.05, 3.63) is 65.7 Å². The third kappa shape index (κ3) is 4.33. The molecule has 2 rings (SSSR count). The zero-order valence-electron chi connectivity index (χ0n) is 13.0. The summed E-state index contributed by atoms with van der Waals surface area (Å²) < 4.78 is 5.13. The molecule has 116 valence electrons. The Labute approximate surface area is 131 Å². The lowest BCUT2D eigenvalue weighted by atomic mass is 10.0. The largest absolute Gasteiger partial charge is 0.497 e. The first-order valence-electron chi connectivity index (χ1n) is 7.34. The summed E-state index contributed by atoms with van der Waals surface area (Å²) in [6, 6.07) is 16.8. The highest BCUT2D eigenvalue weighted by Crippen LogP contribution is 2.17. The number of ether oxygens (including phenoxy) is 1. The lowest BCUT2D eigenvalue weighted by Crippen LogP contribution is -2.42. The van der Waals surface area contributed by atoms with Crippen molar-refractivity contribution in [1.82, 2.24) is 5.32 Å². The van der Waals surface area contributed by atoms with Crippen LogP contribution < -0.4 is 15.8 Å². The zero-order valence-corrected chi connectivity index (χ0v) is 13.0. The topological polar surface area (TPSA) is 64.3 Å². The molecule has 3 N–H and O–H groups in total. The zero-order chi connectivity index (χ0) is 15.9. The first kappa shape index (κ1) is 16.0. The third-order valence-electron chi connectivity index (χ3n) is 3.61. The van der Waals surface area contributed by atoms with Crippen molar-refractivity contribution in [2.75, 3.05) is 7.11 Å². The van der Waals surface area contributed by atoms with Crippen LogP contribution in [0.2, 0.25) is 0 Å². The Hall–Kier alpha value is -2.33. The van der Waals surface area contributed by atoms with Crippen LogP contribution in [0.5, 0.6) is 5.75 Å². The molecule has 0 aliphatic rings. The van der Waals surface area contributed by atoms with E-state index >= 15 is 0 Å². The van der Waals surface area contributed by atoms with E-state index in [1.165, 1.54) is 0 Å². The predicted octanol–water partition coefficient (Wildman–Crippen LogP) is 2.44. The molecule has 1 unspecified atom stereocenters. The molecule has 0 aliphatic carbocycles. The van der Waals surface area contributed by atoms with Gasteiger partial charge < -0.3 is 15.8 Å². The summed E-state index contributed by atoms with van der Waals surface area (Å²) in [5.41, 5.74) is 8.06. The summed E-state index contributed by atoms with van der Waals surface area (Å²) in [4.78, 5) is 12.2. The van der Waals surface area contributed by atoms with Crippen LogP contribution in [-0.4, -0.2) is 19.1 Å². The fraction of sp³-hybridized carbons (Fsp3) is 0.278. The molecule has 2 atom stereocenters. The molecular formula is C18H22N2O2. The van der Waals surface area contributed by atoms with Gasteiger partial charge in [0, 0.05) is 0 Å². The van der Waals surface area contributed by atoms with Gasteiger partial charge in [0.2, 0.25) is 5.91 Å². The molecule has 22 heavy (non-hydrogen) atoms. The average Bonchev–Trinajstić information content (AvgIpc) is 2.55. The maximum atomic E-state index is 12.2. The highest BCUT2D eigenvalue weighted by Gasteiger charge is 2.17. The Morgan fingerprint density at radius 2 is 1.77 bits per heavy atom. The Kier molecular flexibility index (Phi) is 5.55. The van der Waals surface area contributed by atoms with Gasteiger partial charge in [0.15, 0.2) is 0 Å². The van der Waals surface area contributed by atoms with Gasteiger partial charge in [-0.1, -0.05) is 42.5 Å². The lowest BCUT2D eigenvalue weighted by molar-refractivity contribution is -0.123. The number of methoxy groups -OCH3 is 1. The van der Waals surface area contributed by atoms with E-state index in [0.29, 0.717) is 6.42 Å². The third-order valence-corrected chi connectivity index (χ3v) is 3.61. The van der Waals surface area contributed by atoms with E-state index < -0.39 is 6.04 Å². The summed E-state index contributed by atoms with van der Waals surface area (Å²) >= 11 is 0. The van der Waals surface area contributed by atoms with Gasteiger partial charge in [-0.05, 0) is 36.6 Å². The first-order valence-corrected chi connectivity index (χ1v) is 7.34. The van der Waals surface area contributed by atoms with Crippen LogP contribution >= 0.6 is 0 Å². The second-order valence-electron chi connectivity index (χ2n) is 5.30. The fourth-order valence-electron chi connectivity index (χ4n) is 2.26. The SMILES string of the molecule is COc1ccc(C(C)NC(=O)[C@@H](N)Cc2ccccc2)cc1. The van der Waals surface area contributed by atoms with Crippen molar-refractivity contribution < 1.29 is 9.53 Å². The number of benzene rings is 2. The molecule has 0 aliphatic heterocycles. The van der Waals surface area contributed by atoms with E-state index in [0.717, 1.165) is 16.9 Å². The molecule has 2 aromatic rings. The van der Waals surface area contributed by atoms with Gasteiger partial charge in [-0.3, -0.25) is 4.79 Å². The average molecular weight is 298 g/mol. The van der Waals surface area contributed by atoms with Gasteiger partial charge in [0.05, 0.1) is 19.2 Å². The van der Waals surface area contributed by atoms with Gasteiger partial charge in [0.1, 0.15) is 5.75 Å². The van der Waals surface area contributed by atoms with Crippen LogP contribution in [0.25, 0.3) is 0 Å². The van der Waals surface area contributed by atoms with Crippen molar-refractivity contribution >= 4 is 5.91 Å². The van der Waals surface area contributed by atoms with Gasteiger partial charge >= 0.3 is 0 Å². The van der Waals surface area contributed by atoms with Gasteiger partial charge in [-0.25, -0.2) is 0 Å². The van der Waals surface area contributed by atoms with E-state index in [2.05, 4.69) is 5.32 Å². The second kappa shape index (κ2) is 7.61. The van der Waals surface area contributed by atoms with Crippen molar-refractivity contribution in [1.29, 1.82) is 0 Å². The van der Waals surface area contributed by atoms with Crippen molar-refractivity contribution in [2.24, 2.45) is 5.73 Å². The minimum absolute atomic E-state index is 0.0970. The van der Waals surface area contributed by atoms with Gasteiger partial charge in [-0.2, -0.15) is 0 Å². The Bertz CT molecular complexity index is 596. The lowest BCUT2D eigenvalue weighted by Gasteiger charge is -2.18. The molecule has 4 nitrogen and oxygen atoms in total. The summed E-state index contributed by atoms with van der Waals surface area (Å²) in [5.74, 6) is 0.648. The van der Waals surface area contributed by atoms with Crippen LogP contribution in [0.4, 0.5) is 0 Å². The van der Waals surface area contributed by atoms with Crippen LogP contribution in [0.15, 0.2) is 54.6 Å². The number of carbonyl (C=O) groups is 1. The number of hydrogen-bond acceptors (Lipinski definition) is 3. The molecule has 0 fully saturated rings. The van der Waals surface area contributed by atoms with E-state index in [9.17, 15) is 4.79 Å². The van der Waals surface area contributed by atoms with Crippen LogP contribution in [-0.2, 0) is 11.2 Å². The van der Waals surface area contributed by atoms with E-state index in [1.807, 2.05) is 61.5 Å². The van der Waals surface area contributed by atoms with Gasteiger partial charge in [-0.15, -0.1) is 0 Å². The molecular weight excluding hydrogens is 276 g/mol. The molecule has 0 saturated carbocycles. The number of nitrogens with one attached hydrogen (secondary N) is 1. The van der Waals surface area contributed by atoms with E-state index in [-0.39, 0.29) is 11.9 Å². The van der Waals surface area contributed by atoms with Crippen LogP contribution in [0, 0.1) is 0 Å². The number of nitrogens with two attached hydrogens (primary N) is 1. The normalized spacial score (nSPS) is 13.2. The van der Waals surface area contributed by atoms with Gasteiger partial charge in [0.25, 0.3) is 0 Å². The standard InChI is InChI=1S/C18H22N2O2/c1-13(15-8-10-16(22-2)11-9-15)20-18(21)17(19)12-14-6-4-3-5-7-14/h3-11,13,17H,12,19H2,1-2H3,(H,20,21)/t13?,17-/m0/s1. The van der Waals surface area contributed by atoms with E-state index in [1.54, 1.807) is 7.11 Å². The number of carbonyl (C=O) groups excluding carboxylic acids is 1. The molecule has 4 heteroatoms. The minimum Gasteiger partial charge on any atom is -0.497 e. The monoisotopic (exact) mass is 298 g/mol. The summed E-state index contributed by atoms with van der Waals surface area (Å²) in [6.07, 6.45) is 0.530. The summed E-state index contributed by atoms with van der Waals surface area (Å²) in [5, 5.41) is 2.95. The molecule has 0 spiro atoms. The van der Waals surface area contributed by atoms with E-state index in [4.69, 9.17) is 10.5 Å². The quantitative estimate of drug-likeness (QED) is 0.861. The van der Waals surface area contributed by atoms with Crippen LogP contribution in [0.3, 0.4) is 0 Å². The Morgan fingerprint density at radius 1 is 1.14 bits per heavy atom. The summed E-state index contributed by atoms with van der Waals surface area (Å²) in [6.45, 7) is 1.94. The molecule has 0 bridgehead atoms. The Morgan fingerprint density at radius 3 is 2.36 bits per heavy atom. The fourth-order valence-corrected chi connectivity index (χ4v) is 2.26. The number of rotatable bonds is 6. The summed E-state index contributed by atoms with van der Waals surface area (Å²) in [7, 11) is 1.63. The maximum absolute atomic E-state index is 12.2. The molecule has 0 saturated heterocycles. The van der Waals surface area contributed by atoms with Crippen molar-refractivity contribution in [3.63, 3.8) is 0 Å². The molecule has 2 aromatic carbocycles. The molecule has 0 aromatic heterocycles. The first-order chi connectivity index (χ1) is 10.6. The number of hydrogen-bond donors (Lipinski definition) is 2. The second-order valence-corrected chi connectivity index (χ2v) is 5.30. The van der Waals surface area contributed by atoms with Crippen molar-refractivity contribution in [3.8, 4) is 5.75 Å². The minimum atomic E-state index is -0.553. The molecule has 0 heterocycles. The highest BCUT2D eigenvalue weighted by molar-refractivity contribution is 5.82. The van der Waals surface area contributed by atoms with Crippen LogP contribution in [0.1, 0.15) is 24.1 Å². The predicted molar refractivity (Wildman–Crippen MR) is 87.7 cm³/mol. The smallest absolute Gasteiger partial charge is 0.237 e. The maximum Gasteiger partial charge on any atom is 0.237 e. The number of amides is 1.